The molecule has 178 valence electrons. The van der Waals surface area contributed by atoms with Gasteiger partial charge in [-0.2, -0.15) is 0 Å². The van der Waals surface area contributed by atoms with Crippen molar-refractivity contribution in [1.29, 1.82) is 0 Å². The number of carbonyl (C=O) groups is 4. The number of fused-ring (bicyclic) bond motifs is 2. The maximum atomic E-state index is 13.3. The molecule has 0 atom stereocenters. The summed E-state index contributed by atoms with van der Waals surface area (Å²) in [5.41, 5.74) is 2.28. The van der Waals surface area contributed by atoms with Crippen molar-refractivity contribution in [3.63, 3.8) is 0 Å². The predicted molar refractivity (Wildman–Crippen MR) is 134 cm³/mol. The molecule has 0 aliphatic heterocycles. The molecule has 0 aromatic heterocycles. The Kier molecular flexibility index (Phi) is 6.13. The maximum Gasteiger partial charge on any atom is 0.412 e. The molecule has 3 aromatic rings. The number of amides is 2. The lowest BCUT2D eigenvalue weighted by atomic mass is 9.83. The van der Waals surface area contributed by atoms with Gasteiger partial charge in [0.2, 0.25) is 5.91 Å². The molecule has 0 unspecified atom stereocenters. The van der Waals surface area contributed by atoms with Crippen LogP contribution >= 0.6 is 0 Å². The Bertz CT molecular complexity index is 1370. The molecule has 8 heteroatoms. The minimum Gasteiger partial charge on any atom is -0.444 e. The van der Waals surface area contributed by atoms with Gasteiger partial charge in [0.1, 0.15) is 5.60 Å². The Balaban J connectivity index is 1.70. The van der Waals surface area contributed by atoms with Crippen LogP contribution in [0.2, 0.25) is 0 Å². The van der Waals surface area contributed by atoms with E-state index >= 15 is 0 Å². The second-order valence-corrected chi connectivity index (χ2v) is 9.13. The third kappa shape index (κ3) is 5.06. The summed E-state index contributed by atoms with van der Waals surface area (Å²) in [6, 6.07) is 16.7. The molecular weight excluding hydrogens is 446 g/mol. The van der Waals surface area contributed by atoms with E-state index in [1.165, 1.54) is 6.92 Å². The summed E-state index contributed by atoms with van der Waals surface area (Å²) in [4.78, 5) is 50.3. The predicted octanol–water partition coefficient (Wildman–Crippen LogP) is 5.51. The topological polar surface area (TPSA) is 114 Å². The van der Waals surface area contributed by atoms with Crippen LogP contribution in [-0.4, -0.2) is 29.2 Å². The zero-order chi connectivity index (χ0) is 25.3. The van der Waals surface area contributed by atoms with Crippen LogP contribution in [0.3, 0.4) is 0 Å². The van der Waals surface area contributed by atoms with Gasteiger partial charge in [-0.3, -0.25) is 19.7 Å². The number of carbonyl (C=O) groups excluding carboxylic acids is 4. The highest BCUT2D eigenvalue weighted by Crippen LogP contribution is 2.35. The Hall–Kier alpha value is -4.46. The number of nitrogens with one attached hydrogen (secondary N) is 3. The molecule has 2 amide bonds. The van der Waals surface area contributed by atoms with Crippen LogP contribution in [-0.2, 0) is 9.53 Å². The lowest BCUT2D eigenvalue weighted by Gasteiger charge is -2.22. The highest BCUT2D eigenvalue weighted by Gasteiger charge is 2.31. The molecule has 35 heavy (non-hydrogen) atoms. The normalized spacial score (nSPS) is 12.3. The first kappa shape index (κ1) is 23.7. The van der Waals surface area contributed by atoms with Crippen LogP contribution in [0.1, 0.15) is 59.5 Å². The van der Waals surface area contributed by atoms with Gasteiger partial charge in [0.05, 0.1) is 22.6 Å². The van der Waals surface area contributed by atoms with Gasteiger partial charge in [-0.05, 0) is 45.0 Å². The molecule has 0 fully saturated rings. The standard InChI is InChI=1S/C27H25N3O5/c1-15(31)28-20-13-12-16(14-22(20)30-26(34)35-27(2,3)4)29-21-11-7-10-19-23(21)25(33)18-9-6-5-8-17(18)24(19)32/h5-14,29H,1-4H3,(H,28,31)(H,30,34). The van der Waals surface area contributed by atoms with E-state index in [0.29, 0.717) is 39.4 Å². The third-order valence-electron chi connectivity index (χ3n) is 5.20. The van der Waals surface area contributed by atoms with E-state index < -0.39 is 11.7 Å². The van der Waals surface area contributed by atoms with E-state index in [9.17, 15) is 19.2 Å². The molecule has 0 spiro atoms. The number of hydrogen-bond donors (Lipinski definition) is 3. The molecule has 0 saturated carbocycles. The number of rotatable bonds is 4. The maximum absolute atomic E-state index is 13.3. The SMILES string of the molecule is CC(=O)Nc1ccc(Nc2cccc3c2C(=O)c2ccccc2C3=O)cc1NC(=O)OC(C)(C)C. The van der Waals surface area contributed by atoms with E-state index in [1.54, 1.807) is 81.4 Å². The van der Waals surface area contributed by atoms with Crippen LogP contribution in [0.15, 0.2) is 60.7 Å². The summed E-state index contributed by atoms with van der Waals surface area (Å²) in [7, 11) is 0. The lowest BCUT2D eigenvalue weighted by Crippen LogP contribution is -2.27. The average Bonchev–Trinajstić information content (AvgIpc) is 2.77. The van der Waals surface area contributed by atoms with Crippen LogP contribution in [0.4, 0.5) is 27.5 Å². The van der Waals surface area contributed by atoms with Crippen molar-refractivity contribution in [1.82, 2.24) is 0 Å². The number of ether oxygens (including phenoxy) is 1. The Morgan fingerprint density at radius 3 is 2.06 bits per heavy atom. The smallest absolute Gasteiger partial charge is 0.412 e. The van der Waals surface area contributed by atoms with E-state index in [4.69, 9.17) is 4.74 Å². The molecule has 4 rings (SSSR count). The summed E-state index contributed by atoms with van der Waals surface area (Å²) in [6.07, 6.45) is -0.685. The molecule has 3 N–H and O–H groups in total. The highest BCUT2D eigenvalue weighted by molar-refractivity contribution is 6.30. The second kappa shape index (κ2) is 9.06. The molecule has 0 heterocycles. The van der Waals surface area contributed by atoms with Crippen molar-refractivity contribution in [2.45, 2.75) is 33.3 Å². The average molecular weight is 472 g/mol. The Morgan fingerprint density at radius 2 is 1.40 bits per heavy atom. The van der Waals surface area contributed by atoms with Gasteiger partial charge in [-0.15, -0.1) is 0 Å². The van der Waals surface area contributed by atoms with Crippen molar-refractivity contribution in [2.24, 2.45) is 0 Å². The van der Waals surface area contributed by atoms with Gasteiger partial charge < -0.3 is 15.4 Å². The summed E-state index contributed by atoms with van der Waals surface area (Å²) in [5.74, 6) is -0.773. The van der Waals surface area contributed by atoms with Gasteiger partial charge in [-0.25, -0.2) is 4.79 Å². The molecular formula is C27H25N3O5. The van der Waals surface area contributed by atoms with E-state index in [1.807, 2.05) is 0 Å². The minimum absolute atomic E-state index is 0.216. The fourth-order valence-corrected chi connectivity index (χ4v) is 3.84. The highest BCUT2D eigenvalue weighted by atomic mass is 16.6. The number of benzene rings is 3. The van der Waals surface area contributed by atoms with Crippen LogP contribution in [0, 0.1) is 0 Å². The van der Waals surface area contributed by atoms with Crippen molar-refractivity contribution in [3.05, 3.63) is 82.9 Å². The first-order valence-electron chi connectivity index (χ1n) is 11.0. The van der Waals surface area contributed by atoms with Crippen molar-refractivity contribution in [3.8, 4) is 0 Å². The third-order valence-corrected chi connectivity index (χ3v) is 5.20. The number of ketones is 2. The van der Waals surface area contributed by atoms with Crippen molar-refractivity contribution >= 4 is 46.3 Å². The minimum atomic E-state index is -0.708. The molecule has 0 radical (unpaired) electrons. The number of anilines is 4. The Morgan fingerprint density at radius 1 is 0.743 bits per heavy atom. The van der Waals surface area contributed by atoms with E-state index in [-0.39, 0.29) is 23.0 Å². The Labute approximate surface area is 202 Å². The summed E-state index contributed by atoms with van der Waals surface area (Å²) < 4.78 is 5.33. The lowest BCUT2D eigenvalue weighted by molar-refractivity contribution is -0.114. The molecule has 0 bridgehead atoms. The quantitative estimate of drug-likeness (QED) is 0.362. The fourth-order valence-electron chi connectivity index (χ4n) is 3.84. The second-order valence-electron chi connectivity index (χ2n) is 9.13. The van der Waals surface area contributed by atoms with Gasteiger partial charge >= 0.3 is 6.09 Å². The fraction of sp³-hybridized carbons (Fsp3) is 0.185. The molecule has 1 aliphatic carbocycles. The first-order valence-corrected chi connectivity index (χ1v) is 11.0. The summed E-state index contributed by atoms with van der Waals surface area (Å²) in [6.45, 7) is 6.59. The van der Waals surface area contributed by atoms with E-state index in [2.05, 4.69) is 16.0 Å². The van der Waals surface area contributed by atoms with Gasteiger partial charge in [0, 0.05) is 29.3 Å². The molecule has 1 aliphatic rings. The van der Waals surface area contributed by atoms with Gasteiger partial charge in [0.25, 0.3) is 0 Å². The molecule has 8 nitrogen and oxygen atoms in total. The number of hydrogen-bond acceptors (Lipinski definition) is 6. The monoisotopic (exact) mass is 471 g/mol. The first-order chi connectivity index (χ1) is 16.5. The summed E-state index contributed by atoms with van der Waals surface area (Å²) >= 11 is 0. The van der Waals surface area contributed by atoms with E-state index in [0.717, 1.165) is 0 Å². The van der Waals surface area contributed by atoms with Gasteiger partial charge in [-0.1, -0.05) is 36.4 Å². The zero-order valence-electron chi connectivity index (χ0n) is 19.8. The molecule has 0 saturated heterocycles. The summed E-state index contributed by atoms with van der Waals surface area (Å²) in [5, 5.41) is 8.50. The van der Waals surface area contributed by atoms with Crippen molar-refractivity contribution < 1.29 is 23.9 Å². The van der Waals surface area contributed by atoms with Crippen LogP contribution < -0.4 is 16.0 Å². The van der Waals surface area contributed by atoms with Gasteiger partial charge in [0.15, 0.2) is 11.6 Å². The molecule has 3 aromatic carbocycles. The van der Waals surface area contributed by atoms with Crippen molar-refractivity contribution in [2.75, 3.05) is 16.0 Å². The van der Waals surface area contributed by atoms with Crippen LogP contribution in [0.25, 0.3) is 0 Å². The zero-order valence-corrected chi connectivity index (χ0v) is 19.8. The largest absolute Gasteiger partial charge is 0.444 e. The van der Waals surface area contributed by atoms with Crippen LogP contribution in [0.5, 0.6) is 0 Å².